The van der Waals surface area contributed by atoms with Gasteiger partial charge in [0.2, 0.25) is 0 Å². The highest BCUT2D eigenvalue weighted by molar-refractivity contribution is 14.1. The van der Waals surface area contributed by atoms with E-state index < -0.39 is 11.5 Å². The Labute approximate surface area is 170 Å². The van der Waals surface area contributed by atoms with Crippen LogP contribution in [0.3, 0.4) is 0 Å². The van der Waals surface area contributed by atoms with Gasteiger partial charge in [0.15, 0.2) is 0 Å². The van der Waals surface area contributed by atoms with Gasteiger partial charge in [0, 0.05) is 19.3 Å². The van der Waals surface area contributed by atoms with Crippen LogP contribution >= 0.6 is 22.6 Å². The second-order valence-electron chi connectivity index (χ2n) is 7.60. The van der Waals surface area contributed by atoms with Crippen LogP contribution in [0.5, 0.6) is 0 Å². The summed E-state index contributed by atoms with van der Waals surface area (Å²) in [6, 6.07) is -0.114. The van der Waals surface area contributed by atoms with Crippen molar-refractivity contribution >= 4 is 51.3 Å². The van der Waals surface area contributed by atoms with Crippen LogP contribution in [-0.2, 0) is 4.74 Å². The minimum atomic E-state index is -0.593. The second-order valence-corrected chi connectivity index (χ2v) is 8.62. The number of nitrogens with zero attached hydrogens (tertiary/aromatic N) is 4. The maximum absolute atomic E-state index is 12.5. The van der Waals surface area contributed by atoms with E-state index in [1.54, 1.807) is 9.58 Å². The third-order valence-corrected chi connectivity index (χ3v) is 5.13. The molecule has 1 saturated heterocycles. The smallest absolute Gasteiger partial charge is 0.410 e. The molecule has 3 heterocycles. The number of carbonyl (C=O) groups excluding carboxylic acids is 2. The van der Waals surface area contributed by atoms with Crippen molar-refractivity contribution in [3.05, 3.63) is 15.5 Å². The van der Waals surface area contributed by atoms with Gasteiger partial charge in [0.25, 0.3) is 5.91 Å². The molecule has 2 aromatic rings. The molecule has 0 spiro atoms. The molecular weight excluding hydrogens is 463 g/mol. The summed E-state index contributed by atoms with van der Waals surface area (Å²) in [5.74, 6) is -0.296. The van der Waals surface area contributed by atoms with Crippen molar-refractivity contribution in [2.24, 2.45) is 5.73 Å². The number of halogens is 1. The lowest BCUT2D eigenvalue weighted by atomic mass is 10.1. The van der Waals surface area contributed by atoms with E-state index in [2.05, 4.69) is 32.7 Å². The average molecular weight is 486 g/mol. The number of likely N-dealkylation sites (tertiary alicyclic amines) is 1. The first-order chi connectivity index (χ1) is 12.6. The number of nitrogen functional groups attached to an aromatic ring is 1. The van der Waals surface area contributed by atoms with E-state index in [-0.39, 0.29) is 17.7 Å². The Bertz CT molecular complexity index is 904. The Morgan fingerprint density at radius 2 is 2.07 bits per heavy atom. The zero-order valence-corrected chi connectivity index (χ0v) is 17.7. The summed E-state index contributed by atoms with van der Waals surface area (Å²) in [5, 5.41) is 5.19. The van der Waals surface area contributed by atoms with Gasteiger partial charge in [-0.05, 0) is 56.2 Å². The minimum absolute atomic E-state index is 0.114. The molecule has 0 unspecified atom stereocenters. The molecule has 1 aliphatic rings. The fourth-order valence-corrected chi connectivity index (χ4v) is 4.01. The summed E-state index contributed by atoms with van der Waals surface area (Å²) in [7, 11) is 0. The zero-order valence-electron chi connectivity index (χ0n) is 15.5. The van der Waals surface area contributed by atoms with E-state index in [0.717, 1.165) is 12.8 Å². The van der Waals surface area contributed by atoms with Crippen molar-refractivity contribution in [2.75, 3.05) is 18.8 Å². The lowest BCUT2D eigenvalue weighted by Gasteiger charge is -2.34. The molecule has 9 nitrogen and oxygen atoms in total. The number of pyridine rings is 1. The lowest BCUT2D eigenvalue weighted by molar-refractivity contribution is 0.0169. The van der Waals surface area contributed by atoms with Crippen molar-refractivity contribution in [1.29, 1.82) is 0 Å². The molecule has 1 fully saturated rings. The summed E-state index contributed by atoms with van der Waals surface area (Å²) in [6.45, 7) is 6.57. The quantitative estimate of drug-likeness (QED) is 0.627. The van der Waals surface area contributed by atoms with E-state index in [0.29, 0.717) is 33.5 Å². The molecule has 10 heteroatoms. The van der Waals surface area contributed by atoms with Gasteiger partial charge >= 0.3 is 6.09 Å². The van der Waals surface area contributed by atoms with Crippen LogP contribution in [0.4, 0.5) is 10.6 Å². The monoisotopic (exact) mass is 486 g/mol. The van der Waals surface area contributed by atoms with E-state index in [1.165, 1.54) is 6.20 Å². The Morgan fingerprint density at radius 3 is 2.70 bits per heavy atom. The van der Waals surface area contributed by atoms with Gasteiger partial charge in [0.1, 0.15) is 15.1 Å². The van der Waals surface area contributed by atoms with Crippen molar-refractivity contribution in [1.82, 2.24) is 19.7 Å². The molecule has 0 aliphatic carbocycles. The Balaban J connectivity index is 1.99. The predicted octanol–water partition coefficient (Wildman–Crippen LogP) is 2.29. The van der Waals surface area contributed by atoms with Gasteiger partial charge in [-0.25, -0.2) is 9.78 Å². The van der Waals surface area contributed by atoms with Crippen molar-refractivity contribution < 1.29 is 14.3 Å². The third kappa shape index (κ3) is 3.94. The molecule has 4 N–H and O–H groups in total. The van der Waals surface area contributed by atoms with Crippen LogP contribution in [0.2, 0.25) is 0 Å². The standard InChI is InChI=1S/C17H23IN6O3/c1-17(2,3)27-16(26)23-6-4-5-9(8-23)24-12-10(15(20)25)7-21-14(19)11(12)13(18)22-24/h7,9H,4-6,8H2,1-3H3,(H2,19,21)(H2,20,25)/t9-/m1/s1. The van der Waals surface area contributed by atoms with Crippen LogP contribution in [-0.4, -0.2) is 50.4 Å². The second kappa shape index (κ2) is 7.13. The molecule has 2 amide bonds. The minimum Gasteiger partial charge on any atom is -0.444 e. The highest BCUT2D eigenvalue weighted by atomic mass is 127. The number of piperidine rings is 1. The van der Waals surface area contributed by atoms with Crippen LogP contribution in [0.1, 0.15) is 50.0 Å². The molecule has 1 atom stereocenters. The maximum atomic E-state index is 12.5. The van der Waals surface area contributed by atoms with Crippen molar-refractivity contribution in [2.45, 2.75) is 45.3 Å². The summed E-state index contributed by atoms with van der Waals surface area (Å²) in [5.41, 5.74) is 11.8. The SMILES string of the molecule is CC(C)(C)OC(=O)N1CCC[C@@H](n2nc(I)c3c(N)ncc(C(N)=O)c32)C1. The van der Waals surface area contributed by atoms with E-state index in [9.17, 15) is 9.59 Å². The van der Waals surface area contributed by atoms with Gasteiger partial charge in [-0.1, -0.05) is 0 Å². The molecular formula is C17H23IN6O3. The van der Waals surface area contributed by atoms with Gasteiger partial charge in [-0.3, -0.25) is 9.48 Å². The first kappa shape index (κ1) is 19.6. The molecule has 3 rings (SSSR count). The third-order valence-electron chi connectivity index (χ3n) is 4.37. The van der Waals surface area contributed by atoms with E-state index in [1.807, 2.05) is 20.8 Å². The Morgan fingerprint density at radius 1 is 1.37 bits per heavy atom. The molecule has 146 valence electrons. The summed E-state index contributed by atoms with van der Waals surface area (Å²) in [6.07, 6.45) is 2.64. The average Bonchev–Trinajstić information content (AvgIpc) is 2.92. The number of carbonyl (C=O) groups is 2. The van der Waals surface area contributed by atoms with E-state index in [4.69, 9.17) is 16.2 Å². The first-order valence-electron chi connectivity index (χ1n) is 8.68. The summed E-state index contributed by atoms with van der Waals surface area (Å²) >= 11 is 2.07. The molecule has 0 radical (unpaired) electrons. The first-order valence-corrected chi connectivity index (χ1v) is 9.76. The molecule has 0 aromatic carbocycles. The van der Waals surface area contributed by atoms with Crippen LogP contribution in [0, 0.1) is 3.70 Å². The molecule has 2 aromatic heterocycles. The van der Waals surface area contributed by atoms with Gasteiger partial charge in [0.05, 0.1) is 22.5 Å². The van der Waals surface area contributed by atoms with E-state index >= 15 is 0 Å². The van der Waals surface area contributed by atoms with Gasteiger partial charge in [-0.15, -0.1) is 0 Å². The van der Waals surface area contributed by atoms with Crippen LogP contribution in [0.25, 0.3) is 10.9 Å². The predicted molar refractivity (Wildman–Crippen MR) is 109 cm³/mol. The number of fused-ring (bicyclic) bond motifs is 1. The van der Waals surface area contributed by atoms with Gasteiger partial charge < -0.3 is 21.1 Å². The topological polar surface area (TPSA) is 129 Å². The zero-order chi connectivity index (χ0) is 19.9. The molecule has 27 heavy (non-hydrogen) atoms. The summed E-state index contributed by atoms with van der Waals surface area (Å²) in [4.78, 5) is 30.1. The molecule has 0 bridgehead atoms. The number of nitrogens with two attached hydrogens (primary N) is 2. The molecule has 1 aliphatic heterocycles. The van der Waals surface area contributed by atoms with Gasteiger partial charge in [-0.2, -0.15) is 5.10 Å². The number of amides is 2. The highest BCUT2D eigenvalue weighted by Crippen LogP contribution is 2.32. The number of rotatable bonds is 2. The normalized spacial score (nSPS) is 17.9. The number of anilines is 1. The lowest BCUT2D eigenvalue weighted by Crippen LogP contribution is -2.43. The number of hydrogen-bond acceptors (Lipinski definition) is 6. The van der Waals surface area contributed by atoms with Crippen LogP contribution in [0.15, 0.2) is 6.20 Å². The number of aromatic nitrogens is 3. The number of primary amides is 1. The largest absolute Gasteiger partial charge is 0.444 e. The van der Waals surface area contributed by atoms with Crippen molar-refractivity contribution in [3.8, 4) is 0 Å². The molecule has 0 saturated carbocycles. The number of hydrogen-bond donors (Lipinski definition) is 2. The fourth-order valence-electron chi connectivity index (χ4n) is 3.24. The highest BCUT2D eigenvalue weighted by Gasteiger charge is 2.31. The Kier molecular flexibility index (Phi) is 5.19. The summed E-state index contributed by atoms with van der Waals surface area (Å²) < 4.78 is 7.89. The van der Waals surface area contributed by atoms with Crippen molar-refractivity contribution in [3.63, 3.8) is 0 Å². The number of ether oxygens (including phenoxy) is 1. The fraction of sp³-hybridized carbons (Fsp3) is 0.529. The maximum Gasteiger partial charge on any atom is 0.410 e. The Hall–Kier alpha value is -2.11. The van der Waals surface area contributed by atoms with Crippen LogP contribution < -0.4 is 11.5 Å².